The van der Waals surface area contributed by atoms with Crippen molar-refractivity contribution >= 4 is 23.3 Å². The van der Waals surface area contributed by atoms with Crippen molar-refractivity contribution in [3.8, 4) is 11.5 Å². The summed E-state index contributed by atoms with van der Waals surface area (Å²) in [6.07, 6.45) is 6.84. The normalized spacial score (nSPS) is 14.1. The van der Waals surface area contributed by atoms with Crippen molar-refractivity contribution < 1.29 is 9.18 Å². The summed E-state index contributed by atoms with van der Waals surface area (Å²) in [5, 5.41) is 4.95. The van der Waals surface area contributed by atoms with Gasteiger partial charge in [0.2, 0.25) is 0 Å². The lowest BCUT2D eigenvalue weighted by Gasteiger charge is -2.35. The van der Waals surface area contributed by atoms with Gasteiger partial charge in [0.05, 0.1) is 11.2 Å². The predicted molar refractivity (Wildman–Crippen MR) is 120 cm³/mol. The van der Waals surface area contributed by atoms with Crippen molar-refractivity contribution in [2.24, 2.45) is 0 Å². The molecule has 0 radical (unpaired) electrons. The number of hydrogen-bond donors (Lipinski definition) is 0. The van der Waals surface area contributed by atoms with Crippen LogP contribution in [0.5, 0.6) is 0 Å². The summed E-state index contributed by atoms with van der Waals surface area (Å²) >= 11 is 6.27. The van der Waals surface area contributed by atoms with Crippen molar-refractivity contribution in [2.75, 3.05) is 31.1 Å². The highest BCUT2D eigenvalue weighted by Crippen LogP contribution is 2.26. The third kappa shape index (κ3) is 3.62. The zero-order valence-electron chi connectivity index (χ0n) is 17.1. The Morgan fingerprint density at radius 3 is 2.44 bits per heavy atom. The molecule has 1 fully saturated rings. The number of anilines is 1. The van der Waals surface area contributed by atoms with Crippen LogP contribution < -0.4 is 4.90 Å². The molecule has 0 aliphatic carbocycles. The Kier molecular flexibility index (Phi) is 5.36. The number of carbonyl (C=O) groups excluding carboxylic acids is 1. The molecule has 1 amide bonds. The number of rotatable bonds is 4. The van der Waals surface area contributed by atoms with Crippen molar-refractivity contribution in [3.63, 3.8) is 0 Å². The van der Waals surface area contributed by atoms with Crippen molar-refractivity contribution in [2.45, 2.75) is 0 Å². The van der Waals surface area contributed by atoms with Crippen LogP contribution in [-0.2, 0) is 0 Å². The maximum atomic E-state index is 14.5. The minimum absolute atomic E-state index is 0.150. The van der Waals surface area contributed by atoms with Gasteiger partial charge in [-0.15, -0.1) is 0 Å². The monoisotopic (exact) mass is 450 g/mol. The number of amides is 1. The predicted octanol–water partition coefficient (Wildman–Crippen LogP) is 3.81. The Labute approximate surface area is 189 Å². The van der Waals surface area contributed by atoms with E-state index in [1.807, 2.05) is 30.6 Å². The number of carbonyl (C=O) groups is 1. The molecule has 1 aromatic carbocycles. The van der Waals surface area contributed by atoms with Crippen LogP contribution in [0.4, 0.5) is 10.2 Å². The van der Waals surface area contributed by atoms with E-state index in [1.54, 1.807) is 39.9 Å². The van der Waals surface area contributed by atoms with Crippen molar-refractivity contribution in [1.29, 1.82) is 0 Å². The van der Waals surface area contributed by atoms with Gasteiger partial charge in [-0.3, -0.25) is 4.79 Å². The van der Waals surface area contributed by atoms with Gasteiger partial charge >= 0.3 is 0 Å². The topological polar surface area (TPSA) is 59.2 Å². The summed E-state index contributed by atoms with van der Waals surface area (Å²) < 4.78 is 17.8. The molecule has 3 aromatic heterocycles. The average molecular weight is 451 g/mol. The van der Waals surface area contributed by atoms with Crippen LogP contribution >= 0.6 is 11.6 Å². The van der Waals surface area contributed by atoms with Crippen LogP contribution in [0.1, 0.15) is 10.4 Å². The smallest absolute Gasteiger partial charge is 0.259 e. The molecular weight excluding hydrogens is 431 g/mol. The van der Waals surface area contributed by atoms with Gasteiger partial charge in [0.15, 0.2) is 5.82 Å². The Bertz CT molecular complexity index is 1250. The first kappa shape index (κ1) is 20.3. The maximum absolute atomic E-state index is 14.5. The summed E-state index contributed by atoms with van der Waals surface area (Å²) in [4.78, 5) is 21.7. The van der Waals surface area contributed by atoms with Gasteiger partial charge in [-0.1, -0.05) is 23.7 Å². The second kappa shape index (κ2) is 8.47. The lowest BCUT2D eigenvalue weighted by atomic mass is 10.2. The minimum atomic E-state index is -0.413. The van der Waals surface area contributed by atoms with E-state index in [0.717, 1.165) is 5.82 Å². The molecule has 162 valence electrons. The summed E-state index contributed by atoms with van der Waals surface area (Å²) in [6.45, 7) is 2.26. The molecule has 0 bridgehead atoms. The molecule has 0 atom stereocenters. The Hall–Kier alpha value is -3.65. The van der Waals surface area contributed by atoms with Gasteiger partial charge in [0.25, 0.3) is 5.91 Å². The van der Waals surface area contributed by atoms with E-state index in [-0.39, 0.29) is 11.6 Å². The van der Waals surface area contributed by atoms with Gasteiger partial charge in [-0.2, -0.15) is 5.10 Å². The molecule has 4 heterocycles. The van der Waals surface area contributed by atoms with Crippen LogP contribution in [0.3, 0.4) is 0 Å². The summed E-state index contributed by atoms with van der Waals surface area (Å²) in [6, 6.07) is 13.7. The Morgan fingerprint density at radius 2 is 1.72 bits per heavy atom. The van der Waals surface area contributed by atoms with E-state index in [2.05, 4.69) is 15.0 Å². The SMILES string of the molecule is O=C(c1cnn(-c2ccccc2F)c1-n1cccc1)N1CCN(c2ncccc2Cl)CC1. The lowest BCUT2D eigenvalue weighted by molar-refractivity contribution is 0.0746. The summed E-state index contributed by atoms with van der Waals surface area (Å²) in [7, 11) is 0. The zero-order chi connectivity index (χ0) is 22.1. The highest BCUT2D eigenvalue weighted by Gasteiger charge is 2.28. The molecule has 0 saturated carbocycles. The van der Waals surface area contributed by atoms with Crippen molar-refractivity contribution in [3.05, 3.63) is 89.7 Å². The number of piperazine rings is 1. The van der Waals surface area contributed by atoms with Gasteiger partial charge in [0, 0.05) is 44.8 Å². The molecule has 0 unspecified atom stereocenters. The Morgan fingerprint density at radius 1 is 0.969 bits per heavy atom. The van der Waals surface area contributed by atoms with Crippen LogP contribution in [0, 0.1) is 5.82 Å². The van der Waals surface area contributed by atoms with E-state index in [0.29, 0.717) is 42.6 Å². The second-order valence-electron chi connectivity index (χ2n) is 7.42. The minimum Gasteiger partial charge on any atom is -0.352 e. The van der Waals surface area contributed by atoms with Crippen molar-refractivity contribution in [1.82, 2.24) is 24.2 Å². The van der Waals surface area contributed by atoms with Crippen LogP contribution in [-0.4, -0.2) is 56.3 Å². The molecule has 0 spiro atoms. The average Bonchev–Trinajstić information content (AvgIpc) is 3.49. The quantitative estimate of drug-likeness (QED) is 0.474. The Balaban J connectivity index is 1.44. The fourth-order valence-corrected chi connectivity index (χ4v) is 4.16. The number of benzene rings is 1. The first-order chi connectivity index (χ1) is 15.6. The van der Waals surface area contributed by atoms with Gasteiger partial charge in [-0.05, 0) is 36.4 Å². The second-order valence-corrected chi connectivity index (χ2v) is 7.83. The fraction of sp³-hybridized carbons (Fsp3) is 0.174. The molecule has 7 nitrogen and oxygen atoms in total. The molecule has 0 N–H and O–H groups in total. The molecule has 1 saturated heterocycles. The van der Waals surface area contributed by atoms with E-state index in [1.165, 1.54) is 16.9 Å². The third-order valence-corrected chi connectivity index (χ3v) is 5.80. The molecule has 32 heavy (non-hydrogen) atoms. The van der Waals surface area contributed by atoms with Crippen LogP contribution in [0.25, 0.3) is 11.5 Å². The van der Waals surface area contributed by atoms with E-state index in [9.17, 15) is 9.18 Å². The number of nitrogens with zero attached hydrogens (tertiary/aromatic N) is 6. The highest BCUT2D eigenvalue weighted by atomic mass is 35.5. The molecular formula is C23H20ClFN6O. The number of pyridine rings is 1. The summed E-state index contributed by atoms with van der Waals surface area (Å²) in [5.41, 5.74) is 0.693. The van der Waals surface area contributed by atoms with E-state index in [4.69, 9.17) is 11.6 Å². The largest absolute Gasteiger partial charge is 0.352 e. The maximum Gasteiger partial charge on any atom is 0.259 e. The molecule has 5 rings (SSSR count). The number of hydrogen-bond acceptors (Lipinski definition) is 4. The fourth-order valence-electron chi connectivity index (χ4n) is 3.92. The zero-order valence-corrected chi connectivity index (χ0v) is 17.9. The van der Waals surface area contributed by atoms with E-state index < -0.39 is 5.82 Å². The number of para-hydroxylation sites is 1. The van der Waals surface area contributed by atoms with Crippen LogP contribution in [0.15, 0.2) is 73.3 Å². The highest BCUT2D eigenvalue weighted by molar-refractivity contribution is 6.32. The standard InChI is InChI=1S/C23H20ClFN6O/c24-18-6-5-9-26-21(18)28-12-14-30(15-13-28)23(32)17-16-27-31(20-8-2-1-7-19(20)25)22(17)29-10-3-4-11-29/h1-11,16H,12-15H2. The first-order valence-electron chi connectivity index (χ1n) is 10.2. The molecule has 1 aliphatic rings. The number of aromatic nitrogens is 4. The molecule has 9 heteroatoms. The number of halogens is 2. The molecule has 1 aliphatic heterocycles. The van der Waals surface area contributed by atoms with Gasteiger partial charge < -0.3 is 14.4 Å². The lowest BCUT2D eigenvalue weighted by Crippen LogP contribution is -2.49. The van der Waals surface area contributed by atoms with Gasteiger partial charge in [-0.25, -0.2) is 14.1 Å². The molecule has 4 aromatic rings. The van der Waals surface area contributed by atoms with Crippen LogP contribution in [0.2, 0.25) is 5.02 Å². The first-order valence-corrected chi connectivity index (χ1v) is 10.6. The van der Waals surface area contributed by atoms with Gasteiger partial charge in [0.1, 0.15) is 22.9 Å². The summed E-state index contributed by atoms with van der Waals surface area (Å²) in [5.74, 6) is 0.661. The van der Waals surface area contributed by atoms with E-state index >= 15 is 0 Å². The third-order valence-electron chi connectivity index (χ3n) is 5.51.